The molecule has 1 aromatic heterocycles. The molecule has 1 aromatic carbocycles. The zero-order valence-electron chi connectivity index (χ0n) is 20.1. The highest BCUT2D eigenvalue weighted by Crippen LogP contribution is 2.30. The smallest absolute Gasteiger partial charge is 0.271 e. The number of hydrogen-bond acceptors (Lipinski definition) is 3. The normalized spacial score (nSPS) is 18.9. The van der Waals surface area contributed by atoms with Gasteiger partial charge in [0.1, 0.15) is 17.3 Å². The fourth-order valence-electron chi connectivity index (χ4n) is 4.69. The number of ether oxygens (including phenoxy) is 1. The number of benzene rings is 1. The first-order valence-corrected chi connectivity index (χ1v) is 11.9. The molecule has 1 fully saturated rings. The van der Waals surface area contributed by atoms with Crippen LogP contribution in [0, 0.1) is 24.7 Å². The molecule has 0 aliphatic heterocycles. The molecule has 1 amide bonds. The van der Waals surface area contributed by atoms with E-state index in [1.54, 1.807) is 7.11 Å². The van der Waals surface area contributed by atoms with Gasteiger partial charge in [-0.1, -0.05) is 46.6 Å². The monoisotopic (exact) mass is 425 g/mol. The van der Waals surface area contributed by atoms with Crippen LogP contribution in [0.1, 0.15) is 80.9 Å². The SMILES string of the molecule is CCc1nc(C(=O)NCC2CCC(C)CC2)c(C)n1-c1ccc(CC(C)C)cc1OC. The van der Waals surface area contributed by atoms with Crippen molar-refractivity contribution in [2.24, 2.45) is 17.8 Å². The minimum absolute atomic E-state index is 0.0695. The van der Waals surface area contributed by atoms with Crippen LogP contribution in [0.15, 0.2) is 18.2 Å². The molecule has 170 valence electrons. The standard InChI is InChI=1S/C26H39N3O2/c1-7-24-28-25(26(30)27-16-20-10-8-18(4)9-11-20)19(5)29(24)22-13-12-21(14-17(2)3)15-23(22)31-6/h12-13,15,17-18,20H,7-11,14,16H2,1-6H3,(H,27,30). The number of nitrogens with zero attached hydrogens (tertiary/aromatic N) is 2. The Balaban J connectivity index is 1.83. The van der Waals surface area contributed by atoms with Crippen LogP contribution in [-0.4, -0.2) is 29.1 Å². The van der Waals surface area contributed by atoms with Gasteiger partial charge in [-0.05, 0) is 61.6 Å². The van der Waals surface area contributed by atoms with Crippen LogP contribution in [0.25, 0.3) is 5.69 Å². The second-order valence-corrected chi connectivity index (χ2v) is 9.59. The molecule has 0 spiro atoms. The van der Waals surface area contributed by atoms with Crippen LogP contribution in [0.2, 0.25) is 0 Å². The summed E-state index contributed by atoms with van der Waals surface area (Å²) in [5.41, 5.74) is 3.58. The van der Waals surface area contributed by atoms with Crippen LogP contribution in [0.5, 0.6) is 5.75 Å². The molecule has 1 saturated carbocycles. The van der Waals surface area contributed by atoms with Gasteiger partial charge in [-0.2, -0.15) is 0 Å². The number of aryl methyl sites for hydroxylation is 1. The van der Waals surface area contributed by atoms with Gasteiger partial charge in [0.2, 0.25) is 0 Å². The highest BCUT2D eigenvalue weighted by Gasteiger charge is 2.23. The van der Waals surface area contributed by atoms with E-state index in [1.807, 2.05) is 6.92 Å². The van der Waals surface area contributed by atoms with E-state index in [9.17, 15) is 4.79 Å². The predicted octanol–water partition coefficient (Wildman–Crippen LogP) is 5.51. The zero-order valence-corrected chi connectivity index (χ0v) is 20.1. The molecule has 2 aromatic rings. The van der Waals surface area contributed by atoms with Crippen molar-refractivity contribution in [1.29, 1.82) is 0 Å². The van der Waals surface area contributed by atoms with Crippen LogP contribution in [0.4, 0.5) is 0 Å². The molecular formula is C26H39N3O2. The fraction of sp³-hybridized carbons (Fsp3) is 0.615. The molecule has 0 radical (unpaired) electrons. The number of amides is 1. The van der Waals surface area contributed by atoms with E-state index in [1.165, 1.54) is 31.2 Å². The Hall–Kier alpha value is -2.30. The van der Waals surface area contributed by atoms with Crippen LogP contribution in [0.3, 0.4) is 0 Å². The molecular weight excluding hydrogens is 386 g/mol. The van der Waals surface area contributed by atoms with Crippen molar-refractivity contribution in [3.63, 3.8) is 0 Å². The number of nitrogens with one attached hydrogen (secondary N) is 1. The lowest BCUT2D eigenvalue weighted by Gasteiger charge is -2.26. The summed E-state index contributed by atoms with van der Waals surface area (Å²) in [4.78, 5) is 17.7. The first-order valence-electron chi connectivity index (χ1n) is 11.9. The Bertz CT molecular complexity index is 892. The Morgan fingerprint density at radius 3 is 2.58 bits per heavy atom. The van der Waals surface area contributed by atoms with Crippen molar-refractivity contribution in [3.05, 3.63) is 41.0 Å². The van der Waals surface area contributed by atoms with Crippen LogP contribution >= 0.6 is 0 Å². The van der Waals surface area contributed by atoms with E-state index in [2.05, 4.69) is 55.8 Å². The van der Waals surface area contributed by atoms with Crippen molar-refractivity contribution in [2.75, 3.05) is 13.7 Å². The highest BCUT2D eigenvalue weighted by molar-refractivity contribution is 5.93. The van der Waals surface area contributed by atoms with Gasteiger partial charge < -0.3 is 10.1 Å². The van der Waals surface area contributed by atoms with E-state index in [4.69, 9.17) is 9.72 Å². The molecule has 0 atom stereocenters. The highest BCUT2D eigenvalue weighted by atomic mass is 16.5. The number of carbonyl (C=O) groups is 1. The Morgan fingerprint density at radius 1 is 1.26 bits per heavy atom. The van der Waals surface area contributed by atoms with Gasteiger partial charge in [0.05, 0.1) is 18.5 Å². The minimum Gasteiger partial charge on any atom is -0.495 e. The third-order valence-corrected chi connectivity index (χ3v) is 6.52. The first kappa shape index (κ1) is 23.4. The summed E-state index contributed by atoms with van der Waals surface area (Å²) in [5, 5.41) is 3.15. The maximum Gasteiger partial charge on any atom is 0.271 e. The predicted molar refractivity (Wildman–Crippen MR) is 126 cm³/mol. The third kappa shape index (κ3) is 5.50. The average Bonchev–Trinajstić information content (AvgIpc) is 3.08. The van der Waals surface area contributed by atoms with Gasteiger partial charge in [-0.25, -0.2) is 4.98 Å². The summed E-state index contributed by atoms with van der Waals surface area (Å²) in [6.45, 7) is 11.5. The van der Waals surface area contributed by atoms with E-state index < -0.39 is 0 Å². The molecule has 1 N–H and O–H groups in total. The summed E-state index contributed by atoms with van der Waals surface area (Å²) in [6, 6.07) is 6.36. The fourth-order valence-corrected chi connectivity index (χ4v) is 4.69. The van der Waals surface area contributed by atoms with E-state index in [-0.39, 0.29) is 5.91 Å². The summed E-state index contributed by atoms with van der Waals surface area (Å²) >= 11 is 0. The van der Waals surface area contributed by atoms with Gasteiger partial charge in [0.15, 0.2) is 0 Å². The second-order valence-electron chi connectivity index (χ2n) is 9.59. The van der Waals surface area contributed by atoms with E-state index >= 15 is 0 Å². The van der Waals surface area contributed by atoms with Gasteiger partial charge in [-0.3, -0.25) is 9.36 Å². The summed E-state index contributed by atoms with van der Waals surface area (Å²) < 4.78 is 7.81. The van der Waals surface area contributed by atoms with Crippen LogP contribution in [-0.2, 0) is 12.8 Å². The summed E-state index contributed by atoms with van der Waals surface area (Å²) in [6.07, 6.45) is 6.69. The van der Waals surface area contributed by atoms with Gasteiger partial charge >= 0.3 is 0 Å². The Labute approximate surface area is 187 Å². The second kappa shape index (κ2) is 10.3. The topological polar surface area (TPSA) is 56.2 Å². The number of rotatable bonds is 8. The Kier molecular flexibility index (Phi) is 7.79. The molecule has 5 nitrogen and oxygen atoms in total. The maximum atomic E-state index is 13.0. The van der Waals surface area contributed by atoms with E-state index in [0.29, 0.717) is 17.5 Å². The zero-order chi connectivity index (χ0) is 22.5. The number of hydrogen-bond donors (Lipinski definition) is 1. The van der Waals surface area contributed by atoms with Crippen molar-refractivity contribution >= 4 is 5.91 Å². The molecule has 0 bridgehead atoms. The molecule has 0 saturated heterocycles. The first-order chi connectivity index (χ1) is 14.8. The lowest BCUT2D eigenvalue weighted by atomic mass is 9.83. The van der Waals surface area contributed by atoms with Gasteiger partial charge in [-0.15, -0.1) is 0 Å². The number of imidazole rings is 1. The quantitative estimate of drug-likeness (QED) is 0.607. The molecule has 0 unspecified atom stereocenters. The molecule has 3 rings (SSSR count). The van der Waals surface area contributed by atoms with Gasteiger partial charge in [0, 0.05) is 13.0 Å². The average molecular weight is 426 g/mol. The van der Waals surface area contributed by atoms with Gasteiger partial charge in [0.25, 0.3) is 5.91 Å². The maximum absolute atomic E-state index is 13.0. The lowest BCUT2D eigenvalue weighted by Crippen LogP contribution is -2.31. The lowest BCUT2D eigenvalue weighted by molar-refractivity contribution is 0.0936. The van der Waals surface area contributed by atoms with Crippen molar-refractivity contribution in [2.45, 2.75) is 73.1 Å². The molecule has 5 heteroatoms. The molecule has 1 aliphatic carbocycles. The largest absolute Gasteiger partial charge is 0.495 e. The number of aromatic nitrogens is 2. The van der Waals surface area contributed by atoms with Crippen molar-refractivity contribution < 1.29 is 9.53 Å². The van der Waals surface area contributed by atoms with Crippen molar-refractivity contribution in [3.8, 4) is 11.4 Å². The van der Waals surface area contributed by atoms with E-state index in [0.717, 1.165) is 48.3 Å². The van der Waals surface area contributed by atoms with Crippen molar-refractivity contribution in [1.82, 2.24) is 14.9 Å². The Morgan fingerprint density at radius 2 is 1.97 bits per heavy atom. The summed E-state index contributed by atoms with van der Waals surface area (Å²) in [5.74, 6) is 3.61. The minimum atomic E-state index is -0.0695. The number of carbonyl (C=O) groups excluding carboxylic acids is 1. The third-order valence-electron chi connectivity index (χ3n) is 6.52. The number of methoxy groups -OCH3 is 1. The summed E-state index contributed by atoms with van der Waals surface area (Å²) in [7, 11) is 1.70. The van der Waals surface area contributed by atoms with Crippen LogP contribution < -0.4 is 10.1 Å². The molecule has 1 heterocycles. The molecule has 31 heavy (non-hydrogen) atoms. The molecule has 1 aliphatic rings.